The summed E-state index contributed by atoms with van der Waals surface area (Å²) >= 11 is 0. The molecule has 3 N–H and O–H groups in total. The maximum atomic E-state index is 12.3. The number of aryl methyl sites for hydroxylation is 4. The van der Waals surface area contributed by atoms with Crippen LogP contribution in [0.4, 0.5) is 0 Å². The highest BCUT2D eigenvalue weighted by Gasteiger charge is 2.12. The number of aromatic nitrogens is 3. The molecule has 0 unspecified atom stereocenters. The predicted molar refractivity (Wildman–Crippen MR) is 105 cm³/mol. The van der Waals surface area contributed by atoms with Crippen LogP contribution in [0.2, 0.25) is 0 Å². The van der Waals surface area contributed by atoms with Gasteiger partial charge in [0, 0.05) is 29.4 Å². The van der Waals surface area contributed by atoms with E-state index < -0.39 is 11.2 Å². The molecule has 0 aliphatic rings. The van der Waals surface area contributed by atoms with Gasteiger partial charge in [0.15, 0.2) is 0 Å². The van der Waals surface area contributed by atoms with E-state index >= 15 is 0 Å². The number of carbonyl (C=O) groups is 1. The van der Waals surface area contributed by atoms with Gasteiger partial charge in [0.05, 0.1) is 5.52 Å². The number of fused-ring (bicyclic) bond motifs is 1. The van der Waals surface area contributed by atoms with E-state index in [4.69, 9.17) is 0 Å². The molecule has 1 amide bonds. The van der Waals surface area contributed by atoms with E-state index in [1.54, 1.807) is 6.92 Å². The van der Waals surface area contributed by atoms with Crippen molar-refractivity contribution in [2.75, 3.05) is 0 Å². The molecule has 0 saturated heterocycles. The van der Waals surface area contributed by atoms with Crippen molar-refractivity contribution in [3.63, 3.8) is 0 Å². The summed E-state index contributed by atoms with van der Waals surface area (Å²) in [5.41, 5.74) is 4.95. The standard InChI is InChI=1S/C20H24N4O3/c1-5-16-13(4)15-7-11(2)6-14(18(15)22-16)8-21-17(25)10-24-9-12(3)19(26)23-20(24)27/h6-7,9,22H,5,8,10H2,1-4H3,(H,21,25)(H,23,26,27). The molecular weight excluding hydrogens is 344 g/mol. The molecule has 0 aliphatic heterocycles. The summed E-state index contributed by atoms with van der Waals surface area (Å²) in [6.07, 6.45) is 2.31. The highest BCUT2D eigenvalue weighted by molar-refractivity contribution is 5.88. The molecule has 0 bridgehead atoms. The third-order valence-electron chi connectivity index (χ3n) is 4.83. The average Bonchev–Trinajstić information content (AvgIpc) is 2.94. The second-order valence-corrected chi connectivity index (χ2v) is 6.90. The summed E-state index contributed by atoms with van der Waals surface area (Å²) in [6.45, 7) is 8.05. The Kier molecular flexibility index (Phi) is 5.03. The number of rotatable bonds is 5. The summed E-state index contributed by atoms with van der Waals surface area (Å²) in [5.74, 6) is -0.294. The van der Waals surface area contributed by atoms with Crippen LogP contribution in [-0.4, -0.2) is 20.4 Å². The summed E-state index contributed by atoms with van der Waals surface area (Å²) in [7, 11) is 0. The lowest BCUT2D eigenvalue weighted by molar-refractivity contribution is -0.121. The molecule has 3 rings (SSSR count). The Bertz CT molecular complexity index is 1130. The first kappa shape index (κ1) is 18.7. The number of hydrogen-bond acceptors (Lipinski definition) is 3. The fourth-order valence-electron chi connectivity index (χ4n) is 3.35. The van der Waals surface area contributed by atoms with E-state index in [2.05, 4.69) is 35.2 Å². The van der Waals surface area contributed by atoms with Crippen LogP contribution in [0.3, 0.4) is 0 Å². The van der Waals surface area contributed by atoms with E-state index in [1.165, 1.54) is 27.4 Å². The summed E-state index contributed by atoms with van der Waals surface area (Å²) in [6, 6.07) is 4.20. The number of nitrogens with one attached hydrogen (secondary N) is 3. The van der Waals surface area contributed by atoms with Crippen LogP contribution in [0.15, 0.2) is 27.9 Å². The Morgan fingerprint density at radius 3 is 2.59 bits per heavy atom. The molecule has 0 fully saturated rings. The van der Waals surface area contributed by atoms with Gasteiger partial charge < -0.3 is 10.3 Å². The summed E-state index contributed by atoms with van der Waals surface area (Å²) in [4.78, 5) is 41.2. The molecule has 0 saturated carbocycles. The predicted octanol–water partition coefficient (Wildman–Crippen LogP) is 1.82. The second kappa shape index (κ2) is 7.26. The van der Waals surface area contributed by atoms with Gasteiger partial charge in [0.25, 0.3) is 5.56 Å². The minimum absolute atomic E-state index is 0.143. The first-order chi connectivity index (χ1) is 12.8. The molecule has 7 heteroatoms. The van der Waals surface area contributed by atoms with Crippen LogP contribution in [0.1, 0.15) is 34.9 Å². The minimum atomic E-state index is -0.591. The molecule has 0 radical (unpaired) electrons. The number of aromatic amines is 2. The van der Waals surface area contributed by atoms with Crippen molar-refractivity contribution in [1.82, 2.24) is 19.9 Å². The summed E-state index contributed by atoms with van der Waals surface area (Å²) < 4.78 is 1.20. The van der Waals surface area contributed by atoms with Crippen molar-refractivity contribution in [3.8, 4) is 0 Å². The molecule has 7 nitrogen and oxygen atoms in total. The maximum absolute atomic E-state index is 12.3. The first-order valence-electron chi connectivity index (χ1n) is 8.98. The van der Waals surface area contributed by atoms with Crippen LogP contribution in [0.25, 0.3) is 10.9 Å². The van der Waals surface area contributed by atoms with Gasteiger partial charge in [-0.25, -0.2) is 4.79 Å². The van der Waals surface area contributed by atoms with Crippen molar-refractivity contribution in [2.45, 2.75) is 47.2 Å². The Hall–Kier alpha value is -3.09. The molecule has 2 aromatic heterocycles. The molecule has 142 valence electrons. The fraction of sp³-hybridized carbons (Fsp3) is 0.350. The molecule has 27 heavy (non-hydrogen) atoms. The molecule has 0 aliphatic carbocycles. The Morgan fingerprint density at radius 1 is 1.15 bits per heavy atom. The molecule has 0 atom stereocenters. The smallest absolute Gasteiger partial charge is 0.328 e. The third-order valence-corrected chi connectivity index (χ3v) is 4.83. The third kappa shape index (κ3) is 3.72. The normalized spacial score (nSPS) is 11.1. The number of H-pyrrole nitrogens is 2. The first-order valence-corrected chi connectivity index (χ1v) is 8.98. The van der Waals surface area contributed by atoms with Crippen LogP contribution < -0.4 is 16.6 Å². The average molecular weight is 368 g/mol. The monoisotopic (exact) mass is 368 g/mol. The quantitative estimate of drug-likeness (QED) is 0.640. The van der Waals surface area contributed by atoms with Gasteiger partial charge >= 0.3 is 5.69 Å². The van der Waals surface area contributed by atoms with E-state index in [9.17, 15) is 14.4 Å². The zero-order chi connectivity index (χ0) is 19.7. The van der Waals surface area contributed by atoms with E-state index in [0.717, 1.165) is 23.1 Å². The van der Waals surface area contributed by atoms with Gasteiger partial charge in [0.1, 0.15) is 6.54 Å². The molecule has 0 spiro atoms. The van der Waals surface area contributed by atoms with E-state index in [-0.39, 0.29) is 12.5 Å². The summed E-state index contributed by atoms with van der Waals surface area (Å²) in [5, 5.41) is 4.03. The highest BCUT2D eigenvalue weighted by Crippen LogP contribution is 2.26. The SMILES string of the molecule is CCc1[nH]c2c(CNC(=O)Cn3cc(C)c(=O)[nH]c3=O)cc(C)cc2c1C. The lowest BCUT2D eigenvalue weighted by Crippen LogP contribution is -2.36. The topological polar surface area (TPSA) is 99.8 Å². The zero-order valence-electron chi connectivity index (χ0n) is 16.0. The number of amides is 1. The van der Waals surface area contributed by atoms with Crippen molar-refractivity contribution in [2.24, 2.45) is 0 Å². The lowest BCUT2D eigenvalue weighted by atomic mass is 10.0. The van der Waals surface area contributed by atoms with E-state index in [1.807, 2.05) is 13.0 Å². The number of benzene rings is 1. The van der Waals surface area contributed by atoms with Crippen LogP contribution >= 0.6 is 0 Å². The fourth-order valence-corrected chi connectivity index (χ4v) is 3.35. The van der Waals surface area contributed by atoms with Gasteiger partial charge in [-0.2, -0.15) is 0 Å². The number of hydrogen-bond donors (Lipinski definition) is 3. The Labute approximate surface area is 156 Å². The molecule has 2 heterocycles. The van der Waals surface area contributed by atoms with Crippen molar-refractivity contribution in [3.05, 3.63) is 67.1 Å². The highest BCUT2D eigenvalue weighted by atomic mass is 16.2. The van der Waals surface area contributed by atoms with E-state index in [0.29, 0.717) is 12.1 Å². The van der Waals surface area contributed by atoms with Gasteiger partial charge in [-0.05, 0) is 44.4 Å². The van der Waals surface area contributed by atoms with Crippen molar-refractivity contribution < 1.29 is 4.79 Å². The van der Waals surface area contributed by atoms with Gasteiger partial charge in [-0.15, -0.1) is 0 Å². The number of nitrogens with zero attached hydrogens (tertiary/aromatic N) is 1. The Morgan fingerprint density at radius 2 is 1.89 bits per heavy atom. The molecular formula is C20H24N4O3. The molecule has 3 aromatic rings. The van der Waals surface area contributed by atoms with Gasteiger partial charge in [-0.1, -0.05) is 18.6 Å². The van der Waals surface area contributed by atoms with Crippen molar-refractivity contribution in [1.29, 1.82) is 0 Å². The van der Waals surface area contributed by atoms with Crippen LogP contribution in [-0.2, 0) is 24.3 Å². The minimum Gasteiger partial charge on any atom is -0.358 e. The maximum Gasteiger partial charge on any atom is 0.328 e. The Balaban J connectivity index is 1.81. The van der Waals surface area contributed by atoms with Crippen molar-refractivity contribution >= 4 is 16.8 Å². The number of carbonyl (C=O) groups excluding carboxylic acids is 1. The largest absolute Gasteiger partial charge is 0.358 e. The van der Waals surface area contributed by atoms with Gasteiger partial charge in [0.2, 0.25) is 5.91 Å². The molecule has 1 aromatic carbocycles. The second-order valence-electron chi connectivity index (χ2n) is 6.90. The lowest BCUT2D eigenvalue weighted by Gasteiger charge is -2.09. The van der Waals surface area contributed by atoms with Crippen LogP contribution in [0.5, 0.6) is 0 Å². The zero-order valence-corrected chi connectivity index (χ0v) is 16.0. The van der Waals surface area contributed by atoms with Gasteiger partial charge in [-0.3, -0.25) is 19.1 Å². The van der Waals surface area contributed by atoms with Crippen LogP contribution in [0, 0.1) is 20.8 Å².